The number of carbonyl (C=O) groups excluding carboxylic acids is 2. The van der Waals surface area contributed by atoms with Gasteiger partial charge in [-0.3, -0.25) is 0 Å². The number of benzene rings is 2. The molecule has 0 spiro atoms. The molecule has 0 unspecified atom stereocenters. The molecule has 2 aliphatic heterocycles. The highest BCUT2D eigenvalue weighted by atomic mass is 16.6. The van der Waals surface area contributed by atoms with Gasteiger partial charge in [0.05, 0.1) is 17.7 Å². The maximum Gasteiger partial charge on any atom is 0.410 e. The van der Waals surface area contributed by atoms with Crippen LogP contribution in [-0.4, -0.2) is 64.6 Å². The third-order valence-electron chi connectivity index (χ3n) is 5.60. The lowest BCUT2D eigenvalue weighted by atomic mass is 10.2. The van der Waals surface area contributed by atoms with Crippen LogP contribution in [0.2, 0.25) is 0 Å². The van der Waals surface area contributed by atoms with E-state index in [9.17, 15) is 9.59 Å². The number of hydrogen-bond acceptors (Lipinski definition) is 5. The van der Waals surface area contributed by atoms with Crippen molar-refractivity contribution >= 4 is 12.1 Å². The summed E-state index contributed by atoms with van der Waals surface area (Å²) in [4.78, 5) is 30.7. The minimum absolute atomic E-state index is 0.00162. The number of rotatable bonds is 4. The first-order valence-electron chi connectivity index (χ1n) is 11.0. The summed E-state index contributed by atoms with van der Waals surface area (Å²) in [5.74, 6) is 1.34. The van der Waals surface area contributed by atoms with E-state index in [1.807, 2.05) is 54.8 Å². The number of urea groups is 1. The molecule has 0 N–H and O–H groups in total. The van der Waals surface area contributed by atoms with Crippen molar-refractivity contribution in [2.75, 3.05) is 26.2 Å². The Labute approximate surface area is 193 Å². The molecule has 3 amide bonds. The molecule has 0 aliphatic carbocycles. The number of carbonyl (C=O) groups is 2. The van der Waals surface area contributed by atoms with Crippen LogP contribution in [0.15, 0.2) is 48.5 Å². The topological polar surface area (TPSA) is 86.1 Å². The molecule has 4 rings (SSSR count). The summed E-state index contributed by atoms with van der Waals surface area (Å²) < 4.78 is 11.3. The minimum Gasteiger partial charge on any atom is -0.457 e. The van der Waals surface area contributed by atoms with Crippen LogP contribution >= 0.6 is 0 Å². The summed E-state index contributed by atoms with van der Waals surface area (Å²) in [7, 11) is 0. The predicted octanol–water partition coefficient (Wildman–Crippen LogP) is 4.21. The zero-order valence-corrected chi connectivity index (χ0v) is 19.2. The van der Waals surface area contributed by atoms with E-state index in [0.29, 0.717) is 49.8 Å². The molecule has 2 aliphatic rings. The normalized spacial score (nSPS) is 18.1. The fourth-order valence-corrected chi connectivity index (χ4v) is 4.02. The Balaban J connectivity index is 1.33. The smallest absolute Gasteiger partial charge is 0.410 e. The van der Waals surface area contributed by atoms with Gasteiger partial charge in [-0.25, -0.2) is 9.59 Å². The Hall–Kier alpha value is -3.73. The third kappa shape index (κ3) is 5.37. The second kappa shape index (κ2) is 9.02. The van der Waals surface area contributed by atoms with E-state index in [-0.39, 0.29) is 18.2 Å². The number of fused-ring (bicyclic) bond motifs is 1. The second-order valence-electron chi connectivity index (χ2n) is 9.32. The van der Waals surface area contributed by atoms with Crippen molar-refractivity contribution < 1.29 is 19.1 Å². The summed E-state index contributed by atoms with van der Waals surface area (Å²) in [6, 6.07) is 16.6. The fourth-order valence-electron chi connectivity index (χ4n) is 4.02. The molecule has 0 aromatic heterocycles. The number of ether oxygens (including phenoxy) is 2. The van der Waals surface area contributed by atoms with Crippen LogP contribution in [0.4, 0.5) is 9.59 Å². The molecule has 2 aromatic carbocycles. The van der Waals surface area contributed by atoms with Gasteiger partial charge < -0.3 is 24.2 Å². The molecule has 2 saturated heterocycles. The molecule has 2 heterocycles. The van der Waals surface area contributed by atoms with E-state index >= 15 is 0 Å². The van der Waals surface area contributed by atoms with Crippen LogP contribution in [0.1, 0.15) is 31.9 Å². The van der Waals surface area contributed by atoms with Crippen LogP contribution < -0.4 is 4.74 Å². The van der Waals surface area contributed by atoms with Crippen molar-refractivity contribution in [3.8, 4) is 17.6 Å². The van der Waals surface area contributed by atoms with Crippen molar-refractivity contribution in [2.24, 2.45) is 0 Å². The highest BCUT2D eigenvalue weighted by Crippen LogP contribution is 2.26. The van der Waals surface area contributed by atoms with Crippen LogP contribution in [0, 0.1) is 11.3 Å². The van der Waals surface area contributed by atoms with E-state index in [1.54, 1.807) is 29.2 Å². The van der Waals surface area contributed by atoms with Gasteiger partial charge in [-0.05, 0) is 62.7 Å². The lowest BCUT2D eigenvalue weighted by Gasteiger charge is -2.37. The predicted molar refractivity (Wildman–Crippen MR) is 122 cm³/mol. The number of nitriles is 1. The maximum atomic E-state index is 12.9. The summed E-state index contributed by atoms with van der Waals surface area (Å²) in [5, 5.41) is 8.89. The monoisotopic (exact) mass is 448 g/mol. The molecular weight excluding hydrogens is 420 g/mol. The third-order valence-corrected chi connectivity index (χ3v) is 5.60. The molecule has 8 heteroatoms. The standard InChI is InChI=1S/C25H28N4O4/c1-25(2,3)33-24(31)27-12-13-29-20(16-27)17-28(23(29)30)15-19-6-10-22(11-7-19)32-21-8-4-18(14-26)5-9-21/h4-11,20H,12-13,15-17H2,1-3H3/t20-/m0/s1. The van der Waals surface area contributed by atoms with Gasteiger partial charge in [-0.15, -0.1) is 0 Å². The van der Waals surface area contributed by atoms with Crippen molar-refractivity contribution in [3.63, 3.8) is 0 Å². The first-order valence-corrected chi connectivity index (χ1v) is 11.0. The highest BCUT2D eigenvalue weighted by Gasteiger charge is 2.42. The summed E-state index contributed by atoms with van der Waals surface area (Å²) in [6.07, 6.45) is -0.328. The number of amides is 3. The zero-order chi connectivity index (χ0) is 23.6. The minimum atomic E-state index is -0.540. The van der Waals surface area contributed by atoms with Crippen molar-refractivity contribution in [2.45, 2.75) is 39.0 Å². The molecule has 172 valence electrons. The molecule has 8 nitrogen and oxygen atoms in total. The van der Waals surface area contributed by atoms with Crippen LogP contribution in [0.5, 0.6) is 11.5 Å². The largest absolute Gasteiger partial charge is 0.457 e. The molecule has 0 saturated carbocycles. The van der Waals surface area contributed by atoms with E-state index in [0.717, 1.165) is 5.56 Å². The SMILES string of the molecule is CC(C)(C)OC(=O)N1CCN2C(=O)N(Cc3ccc(Oc4ccc(C#N)cc4)cc3)C[C@@H]2C1. The quantitative estimate of drug-likeness (QED) is 0.699. The zero-order valence-electron chi connectivity index (χ0n) is 19.2. The first-order chi connectivity index (χ1) is 15.7. The Bertz CT molecular complexity index is 1050. The van der Waals surface area contributed by atoms with Gasteiger partial charge in [0, 0.05) is 32.7 Å². The van der Waals surface area contributed by atoms with E-state index in [2.05, 4.69) is 6.07 Å². The average molecular weight is 449 g/mol. The van der Waals surface area contributed by atoms with Crippen molar-refractivity contribution in [1.82, 2.24) is 14.7 Å². The van der Waals surface area contributed by atoms with Crippen LogP contribution in [-0.2, 0) is 11.3 Å². The Morgan fingerprint density at radius 2 is 1.67 bits per heavy atom. The number of nitrogens with zero attached hydrogens (tertiary/aromatic N) is 4. The lowest BCUT2D eigenvalue weighted by Crippen LogP contribution is -2.54. The number of hydrogen-bond donors (Lipinski definition) is 0. The summed E-state index contributed by atoms with van der Waals surface area (Å²) in [5.41, 5.74) is 1.04. The molecular formula is C25H28N4O4. The molecule has 2 fully saturated rings. The molecule has 0 bridgehead atoms. The average Bonchev–Trinajstić information content (AvgIpc) is 3.09. The molecule has 0 radical (unpaired) electrons. The Kier molecular flexibility index (Phi) is 6.14. The van der Waals surface area contributed by atoms with Gasteiger partial charge in [0.1, 0.15) is 17.1 Å². The fraction of sp³-hybridized carbons (Fsp3) is 0.400. The number of piperazine rings is 1. The van der Waals surface area contributed by atoms with E-state index in [1.165, 1.54) is 0 Å². The van der Waals surface area contributed by atoms with Gasteiger partial charge in [0.2, 0.25) is 0 Å². The molecule has 33 heavy (non-hydrogen) atoms. The van der Waals surface area contributed by atoms with Gasteiger partial charge in [0.15, 0.2) is 0 Å². The summed E-state index contributed by atoms with van der Waals surface area (Å²) >= 11 is 0. The first kappa shape index (κ1) is 22.5. The van der Waals surface area contributed by atoms with Crippen molar-refractivity contribution in [3.05, 3.63) is 59.7 Å². The van der Waals surface area contributed by atoms with E-state index in [4.69, 9.17) is 14.7 Å². The van der Waals surface area contributed by atoms with Crippen LogP contribution in [0.25, 0.3) is 0 Å². The van der Waals surface area contributed by atoms with Gasteiger partial charge in [-0.1, -0.05) is 12.1 Å². The highest BCUT2D eigenvalue weighted by molar-refractivity contribution is 5.78. The summed E-state index contributed by atoms with van der Waals surface area (Å²) in [6.45, 7) is 8.09. The molecule has 2 aromatic rings. The van der Waals surface area contributed by atoms with Crippen LogP contribution in [0.3, 0.4) is 0 Å². The lowest BCUT2D eigenvalue weighted by molar-refractivity contribution is 0.0127. The Morgan fingerprint density at radius 3 is 2.27 bits per heavy atom. The Morgan fingerprint density at radius 1 is 1.03 bits per heavy atom. The second-order valence-corrected chi connectivity index (χ2v) is 9.32. The van der Waals surface area contributed by atoms with Gasteiger partial charge in [0.25, 0.3) is 0 Å². The van der Waals surface area contributed by atoms with Gasteiger partial charge >= 0.3 is 12.1 Å². The van der Waals surface area contributed by atoms with Gasteiger partial charge in [-0.2, -0.15) is 5.26 Å². The maximum absolute atomic E-state index is 12.9. The molecule has 1 atom stereocenters. The van der Waals surface area contributed by atoms with Crippen molar-refractivity contribution in [1.29, 1.82) is 5.26 Å². The van der Waals surface area contributed by atoms with E-state index < -0.39 is 5.60 Å².